The van der Waals surface area contributed by atoms with Crippen molar-refractivity contribution in [1.29, 1.82) is 0 Å². The van der Waals surface area contributed by atoms with Crippen LogP contribution in [0.4, 0.5) is 0 Å². The normalized spacial score (nSPS) is 10.9. The fourth-order valence-electron chi connectivity index (χ4n) is 1.47. The summed E-state index contributed by atoms with van der Waals surface area (Å²) < 4.78 is 5.23. The standard InChI is InChI=1S/C13H22N4O.HI/c1-3-18-6-4-5-16-13(14)17-10-12-7-11(2)8-15-9-12;/h7-9H,3-6,10H2,1-2H3,(H3,14,16,17);1H. The van der Waals surface area contributed by atoms with Gasteiger partial charge in [-0.05, 0) is 31.4 Å². The molecule has 1 heterocycles. The molecule has 6 heteroatoms. The lowest BCUT2D eigenvalue weighted by molar-refractivity contribution is 0.145. The molecule has 0 aliphatic heterocycles. The molecule has 108 valence electrons. The average Bonchev–Trinajstić information content (AvgIpc) is 2.36. The van der Waals surface area contributed by atoms with E-state index in [1.54, 1.807) is 6.20 Å². The van der Waals surface area contributed by atoms with Crippen molar-refractivity contribution in [2.45, 2.75) is 26.8 Å². The number of rotatable bonds is 7. The second-order valence-corrected chi connectivity index (χ2v) is 4.05. The van der Waals surface area contributed by atoms with Crippen molar-refractivity contribution in [1.82, 2.24) is 10.3 Å². The minimum atomic E-state index is 0. The Morgan fingerprint density at radius 3 is 2.95 bits per heavy atom. The minimum absolute atomic E-state index is 0. The first-order valence-electron chi connectivity index (χ1n) is 6.24. The smallest absolute Gasteiger partial charge is 0.188 e. The van der Waals surface area contributed by atoms with Crippen molar-refractivity contribution in [2.75, 3.05) is 19.8 Å². The van der Waals surface area contributed by atoms with Gasteiger partial charge in [-0.2, -0.15) is 0 Å². The van der Waals surface area contributed by atoms with E-state index < -0.39 is 0 Å². The van der Waals surface area contributed by atoms with Crippen molar-refractivity contribution >= 4 is 29.9 Å². The summed E-state index contributed by atoms with van der Waals surface area (Å²) in [6.45, 7) is 6.83. The van der Waals surface area contributed by atoms with Gasteiger partial charge in [0.05, 0.1) is 6.54 Å². The van der Waals surface area contributed by atoms with Crippen LogP contribution in [0.2, 0.25) is 0 Å². The molecule has 1 aromatic rings. The van der Waals surface area contributed by atoms with Gasteiger partial charge in [-0.25, -0.2) is 4.99 Å². The maximum absolute atomic E-state index is 5.75. The Balaban J connectivity index is 0.00000324. The van der Waals surface area contributed by atoms with Crippen molar-refractivity contribution < 1.29 is 4.74 Å². The molecule has 0 saturated heterocycles. The van der Waals surface area contributed by atoms with Crippen LogP contribution in [0.5, 0.6) is 0 Å². The zero-order chi connectivity index (χ0) is 13.2. The lowest BCUT2D eigenvalue weighted by Gasteiger charge is -2.05. The fraction of sp³-hybridized carbons (Fsp3) is 0.538. The summed E-state index contributed by atoms with van der Waals surface area (Å²) in [6, 6.07) is 2.05. The van der Waals surface area contributed by atoms with Crippen LogP contribution >= 0.6 is 24.0 Å². The summed E-state index contributed by atoms with van der Waals surface area (Å²) in [5, 5.41) is 3.05. The van der Waals surface area contributed by atoms with Gasteiger partial charge in [0, 0.05) is 32.2 Å². The summed E-state index contributed by atoms with van der Waals surface area (Å²) in [6.07, 6.45) is 4.55. The minimum Gasteiger partial charge on any atom is -0.382 e. The quantitative estimate of drug-likeness (QED) is 0.329. The van der Waals surface area contributed by atoms with Crippen molar-refractivity contribution in [2.24, 2.45) is 10.7 Å². The Hall–Kier alpha value is -0.890. The summed E-state index contributed by atoms with van der Waals surface area (Å²) in [5.41, 5.74) is 7.95. The SMILES string of the molecule is CCOCCCNC(N)=NCc1cncc(C)c1.I. The summed E-state index contributed by atoms with van der Waals surface area (Å²) in [7, 11) is 0. The van der Waals surface area contributed by atoms with Crippen LogP contribution in [-0.2, 0) is 11.3 Å². The molecule has 0 bridgehead atoms. The molecule has 1 rings (SSSR count). The molecule has 1 aromatic heterocycles. The van der Waals surface area contributed by atoms with E-state index in [9.17, 15) is 0 Å². The van der Waals surface area contributed by atoms with Crippen LogP contribution in [0.15, 0.2) is 23.5 Å². The van der Waals surface area contributed by atoms with Gasteiger partial charge >= 0.3 is 0 Å². The number of nitrogens with two attached hydrogens (primary N) is 1. The van der Waals surface area contributed by atoms with Crippen LogP contribution in [0.1, 0.15) is 24.5 Å². The number of ether oxygens (including phenoxy) is 1. The molecule has 0 aliphatic carbocycles. The van der Waals surface area contributed by atoms with Gasteiger partial charge in [-0.1, -0.05) is 6.07 Å². The van der Waals surface area contributed by atoms with Gasteiger partial charge in [0.15, 0.2) is 5.96 Å². The molecular formula is C13H23IN4O. The molecular weight excluding hydrogens is 355 g/mol. The summed E-state index contributed by atoms with van der Waals surface area (Å²) >= 11 is 0. The van der Waals surface area contributed by atoms with Gasteiger partial charge in [0.2, 0.25) is 0 Å². The first-order valence-corrected chi connectivity index (χ1v) is 6.24. The molecule has 0 spiro atoms. The molecule has 0 amide bonds. The molecule has 5 nitrogen and oxygen atoms in total. The number of nitrogens with one attached hydrogen (secondary N) is 1. The Labute approximate surface area is 132 Å². The Bertz CT molecular complexity index is 385. The lowest BCUT2D eigenvalue weighted by Crippen LogP contribution is -2.32. The zero-order valence-electron chi connectivity index (χ0n) is 11.6. The second kappa shape index (κ2) is 11.0. The van der Waals surface area contributed by atoms with Crippen molar-refractivity contribution in [3.05, 3.63) is 29.6 Å². The van der Waals surface area contributed by atoms with Crippen LogP contribution in [0.3, 0.4) is 0 Å². The average molecular weight is 378 g/mol. The molecule has 0 unspecified atom stereocenters. The van der Waals surface area contributed by atoms with Gasteiger partial charge in [-0.15, -0.1) is 24.0 Å². The number of nitrogens with zero attached hydrogens (tertiary/aromatic N) is 2. The number of aliphatic imine (C=N–C) groups is 1. The third-order valence-electron chi connectivity index (χ3n) is 2.34. The number of halogens is 1. The van der Waals surface area contributed by atoms with Gasteiger partial charge in [-0.3, -0.25) is 4.98 Å². The van der Waals surface area contributed by atoms with Crippen molar-refractivity contribution in [3.63, 3.8) is 0 Å². The summed E-state index contributed by atoms with van der Waals surface area (Å²) in [5.74, 6) is 0.466. The number of hydrogen-bond acceptors (Lipinski definition) is 3. The Morgan fingerprint density at radius 1 is 1.47 bits per heavy atom. The van der Waals surface area contributed by atoms with E-state index in [-0.39, 0.29) is 24.0 Å². The molecule has 0 radical (unpaired) electrons. The molecule has 3 N–H and O–H groups in total. The maximum Gasteiger partial charge on any atom is 0.188 e. The van der Waals surface area contributed by atoms with E-state index in [1.807, 2.05) is 20.0 Å². The Kier molecular flexibility index (Phi) is 10.5. The number of aromatic nitrogens is 1. The maximum atomic E-state index is 5.75. The number of guanidine groups is 1. The van der Waals surface area contributed by atoms with E-state index in [1.165, 1.54) is 0 Å². The van der Waals surface area contributed by atoms with Gasteiger partial charge in [0.25, 0.3) is 0 Å². The molecule has 0 atom stereocenters. The highest BCUT2D eigenvalue weighted by atomic mass is 127. The third kappa shape index (κ3) is 8.77. The number of pyridine rings is 1. The highest BCUT2D eigenvalue weighted by molar-refractivity contribution is 14.0. The fourth-order valence-corrected chi connectivity index (χ4v) is 1.47. The molecule has 19 heavy (non-hydrogen) atoms. The molecule has 0 aliphatic rings. The molecule has 0 fully saturated rings. The number of aryl methyl sites for hydroxylation is 1. The second-order valence-electron chi connectivity index (χ2n) is 4.05. The van der Waals surface area contributed by atoms with Crippen LogP contribution < -0.4 is 11.1 Å². The monoisotopic (exact) mass is 378 g/mol. The van der Waals surface area contributed by atoms with E-state index >= 15 is 0 Å². The Morgan fingerprint density at radius 2 is 2.26 bits per heavy atom. The third-order valence-corrected chi connectivity index (χ3v) is 2.34. The zero-order valence-corrected chi connectivity index (χ0v) is 13.9. The highest BCUT2D eigenvalue weighted by Gasteiger charge is 1.95. The van der Waals surface area contributed by atoms with E-state index in [4.69, 9.17) is 10.5 Å². The predicted octanol–water partition coefficient (Wildman–Crippen LogP) is 1.84. The van der Waals surface area contributed by atoms with Gasteiger partial charge in [0.1, 0.15) is 0 Å². The predicted molar refractivity (Wildman–Crippen MR) is 88.8 cm³/mol. The van der Waals surface area contributed by atoms with E-state index in [0.29, 0.717) is 12.5 Å². The van der Waals surface area contributed by atoms with Crippen LogP contribution in [-0.4, -0.2) is 30.7 Å². The molecule has 0 aromatic carbocycles. The van der Waals surface area contributed by atoms with E-state index in [0.717, 1.165) is 37.3 Å². The van der Waals surface area contributed by atoms with Gasteiger partial charge < -0.3 is 15.8 Å². The highest BCUT2D eigenvalue weighted by Crippen LogP contribution is 2.02. The topological polar surface area (TPSA) is 72.5 Å². The largest absolute Gasteiger partial charge is 0.382 e. The summed E-state index contributed by atoms with van der Waals surface area (Å²) in [4.78, 5) is 8.37. The van der Waals surface area contributed by atoms with Crippen LogP contribution in [0.25, 0.3) is 0 Å². The van der Waals surface area contributed by atoms with Crippen molar-refractivity contribution in [3.8, 4) is 0 Å². The van der Waals surface area contributed by atoms with Crippen LogP contribution in [0, 0.1) is 6.92 Å². The lowest BCUT2D eigenvalue weighted by atomic mass is 10.2. The number of hydrogen-bond donors (Lipinski definition) is 2. The first-order chi connectivity index (χ1) is 8.72. The molecule has 0 saturated carbocycles. The van der Waals surface area contributed by atoms with E-state index in [2.05, 4.69) is 21.4 Å². The first kappa shape index (κ1) is 18.1.